The van der Waals surface area contributed by atoms with Gasteiger partial charge in [0.25, 0.3) is 17.4 Å². The SMILES string of the molecule is CC(C)Oc1ccc(C(=O)N(C)CCCNC(=O)c2nc3ccccc3c(=O)[nH]2)cc1. The number of benzene rings is 2. The molecular formula is C23H26N4O4. The van der Waals surface area contributed by atoms with Crippen LogP contribution < -0.4 is 15.6 Å². The number of nitrogens with zero attached hydrogens (tertiary/aromatic N) is 2. The first kappa shape index (κ1) is 22.0. The van der Waals surface area contributed by atoms with Crippen LogP contribution in [0.5, 0.6) is 5.75 Å². The number of nitrogens with one attached hydrogen (secondary N) is 2. The van der Waals surface area contributed by atoms with Gasteiger partial charge in [0.1, 0.15) is 5.75 Å². The molecule has 0 spiro atoms. The number of ether oxygens (including phenoxy) is 1. The number of H-pyrrole nitrogens is 1. The van der Waals surface area contributed by atoms with E-state index in [1.165, 1.54) is 0 Å². The van der Waals surface area contributed by atoms with Gasteiger partial charge >= 0.3 is 0 Å². The fourth-order valence-corrected chi connectivity index (χ4v) is 3.07. The highest BCUT2D eigenvalue weighted by Crippen LogP contribution is 2.15. The van der Waals surface area contributed by atoms with Crippen molar-refractivity contribution in [1.29, 1.82) is 0 Å². The van der Waals surface area contributed by atoms with Crippen LogP contribution in [0.25, 0.3) is 10.9 Å². The van der Waals surface area contributed by atoms with Gasteiger partial charge in [-0.15, -0.1) is 0 Å². The maximum Gasteiger partial charge on any atom is 0.287 e. The summed E-state index contributed by atoms with van der Waals surface area (Å²) in [5.41, 5.74) is 0.679. The molecule has 0 radical (unpaired) electrons. The fraction of sp³-hybridized carbons (Fsp3) is 0.304. The highest BCUT2D eigenvalue weighted by Gasteiger charge is 2.13. The zero-order valence-electron chi connectivity index (χ0n) is 17.8. The van der Waals surface area contributed by atoms with Gasteiger partial charge in [0, 0.05) is 25.7 Å². The monoisotopic (exact) mass is 422 g/mol. The molecule has 3 aromatic rings. The molecule has 0 saturated carbocycles. The van der Waals surface area contributed by atoms with Crippen molar-refractivity contribution < 1.29 is 14.3 Å². The third-order valence-corrected chi connectivity index (χ3v) is 4.60. The molecule has 0 saturated heterocycles. The van der Waals surface area contributed by atoms with Crippen LogP contribution >= 0.6 is 0 Å². The van der Waals surface area contributed by atoms with E-state index in [4.69, 9.17) is 4.74 Å². The number of carbonyl (C=O) groups excluding carboxylic acids is 2. The number of hydrogen-bond acceptors (Lipinski definition) is 5. The second-order valence-electron chi connectivity index (χ2n) is 7.46. The van der Waals surface area contributed by atoms with E-state index in [1.807, 2.05) is 13.8 Å². The van der Waals surface area contributed by atoms with Gasteiger partial charge < -0.3 is 19.9 Å². The Morgan fingerprint density at radius 2 is 1.84 bits per heavy atom. The van der Waals surface area contributed by atoms with Gasteiger partial charge in [-0.1, -0.05) is 12.1 Å². The number of rotatable bonds is 8. The highest BCUT2D eigenvalue weighted by molar-refractivity contribution is 5.94. The van der Waals surface area contributed by atoms with Crippen molar-refractivity contribution in [1.82, 2.24) is 20.2 Å². The molecule has 31 heavy (non-hydrogen) atoms. The first-order valence-electron chi connectivity index (χ1n) is 10.1. The maximum absolute atomic E-state index is 12.5. The van der Waals surface area contributed by atoms with E-state index in [-0.39, 0.29) is 23.4 Å². The van der Waals surface area contributed by atoms with Crippen LogP contribution in [0.15, 0.2) is 53.3 Å². The van der Waals surface area contributed by atoms with Crippen molar-refractivity contribution in [2.75, 3.05) is 20.1 Å². The van der Waals surface area contributed by atoms with E-state index in [2.05, 4.69) is 15.3 Å². The van der Waals surface area contributed by atoms with E-state index >= 15 is 0 Å². The summed E-state index contributed by atoms with van der Waals surface area (Å²) in [5, 5.41) is 3.16. The van der Waals surface area contributed by atoms with Crippen molar-refractivity contribution in [2.45, 2.75) is 26.4 Å². The minimum Gasteiger partial charge on any atom is -0.491 e. The fourth-order valence-electron chi connectivity index (χ4n) is 3.07. The minimum absolute atomic E-state index is 0.0307. The first-order valence-corrected chi connectivity index (χ1v) is 10.1. The molecule has 0 fully saturated rings. The molecule has 2 N–H and O–H groups in total. The van der Waals surface area contributed by atoms with Crippen LogP contribution in [-0.2, 0) is 0 Å². The number of fused-ring (bicyclic) bond motifs is 1. The predicted octanol–water partition coefficient (Wildman–Crippen LogP) is 2.60. The average Bonchev–Trinajstić information content (AvgIpc) is 2.76. The Hall–Kier alpha value is -3.68. The van der Waals surface area contributed by atoms with Gasteiger partial charge in [-0.3, -0.25) is 14.4 Å². The molecule has 0 aliphatic rings. The number of hydrogen-bond donors (Lipinski definition) is 2. The second-order valence-corrected chi connectivity index (χ2v) is 7.46. The molecule has 3 rings (SSSR count). The standard InChI is InChI=1S/C23H26N4O4/c1-15(2)31-17-11-9-16(10-12-17)23(30)27(3)14-6-13-24-22(29)20-25-19-8-5-4-7-18(19)21(28)26-20/h4-5,7-12,15H,6,13-14H2,1-3H3,(H,24,29)(H,25,26,28). The number of para-hydroxylation sites is 1. The Kier molecular flexibility index (Phi) is 7.02. The average molecular weight is 422 g/mol. The van der Waals surface area contributed by atoms with Gasteiger partial charge in [0.15, 0.2) is 5.82 Å². The smallest absolute Gasteiger partial charge is 0.287 e. The van der Waals surface area contributed by atoms with Gasteiger partial charge in [-0.2, -0.15) is 0 Å². The van der Waals surface area contributed by atoms with Crippen molar-refractivity contribution in [3.8, 4) is 5.75 Å². The van der Waals surface area contributed by atoms with Gasteiger partial charge in [0.05, 0.1) is 17.0 Å². The molecule has 1 aromatic heterocycles. The summed E-state index contributed by atoms with van der Waals surface area (Å²) in [7, 11) is 1.71. The predicted molar refractivity (Wildman–Crippen MR) is 118 cm³/mol. The molecule has 8 nitrogen and oxygen atoms in total. The summed E-state index contributed by atoms with van der Waals surface area (Å²) >= 11 is 0. The van der Waals surface area contributed by atoms with E-state index in [0.717, 1.165) is 5.75 Å². The van der Waals surface area contributed by atoms with E-state index in [1.54, 1.807) is 60.5 Å². The second kappa shape index (κ2) is 9.88. The molecule has 1 heterocycles. The third kappa shape index (κ3) is 5.69. The number of amides is 2. The molecule has 2 amide bonds. The number of aromatic nitrogens is 2. The lowest BCUT2D eigenvalue weighted by molar-refractivity contribution is 0.0793. The number of aromatic amines is 1. The van der Waals surface area contributed by atoms with Crippen LogP contribution in [0.2, 0.25) is 0 Å². The summed E-state index contributed by atoms with van der Waals surface area (Å²) in [6.45, 7) is 4.69. The van der Waals surface area contributed by atoms with Crippen LogP contribution in [0.1, 0.15) is 41.2 Å². The lowest BCUT2D eigenvalue weighted by Crippen LogP contribution is -2.32. The molecule has 0 aliphatic carbocycles. The van der Waals surface area contributed by atoms with Crippen LogP contribution in [0.4, 0.5) is 0 Å². The van der Waals surface area contributed by atoms with Crippen molar-refractivity contribution in [2.24, 2.45) is 0 Å². The molecular weight excluding hydrogens is 396 g/mol. The van der Waals surface area contributed by atoms with Gasteiger partial charge in [-0.25, -0.2) is 4.98 Å². The highest BCUT2D eigenvalue weighted by atomic mass is 16.5. The van der Waals surface area contributed by atoms with Crippen molar-refractivity contribution >= 4 is 22.7 Å². The molecule has 8 heteroatoms. The molecule has 0 atom stereocenters. The molecule has 0 aliphatic heterocycles. The van der Waals surface area contributed by atoms with Crippen molar-refractivity contribution in [3.63, 3.8) is 0 Å². The van der Waals surface area contributed by atoms with Crippen molar-refractivity contribution in [3.05, 3.63) is 70.3 Å². The molecule has 2 aromatic carbocycles. The zero-order chi connectivity index (χ0) is 22.4. The summed E-state index contributed by atoms with van der Waals surface area (Å²) in [4.78, 5) is 45.2. The largest absolute Gasteiger partial charge is 0.491 e. The van der Waals surface area contributed by atoms with Gasteiger partial charge in [-0.05, 0) is 56.7 Å². The van der Waals surface area contributed by atoms with Crippen LogP contribution in [-0.4, -0.2) is 52.9 Å². The molecule has 162 valence electrons. The topological polar surface area (TPSA) is 104 Å². The third-order valence-electron chi connectivity index (χ3n) is 4.60. The normalized spacial score (nSPS) is 10.8. The summed E-state index contributed by atoms with van der Waals surface area (Å²) in [5.74, 6) is 0.120. The quantitative estimate of drug-likeness (QED) is 0.543. The van der Waals surface area contributed by atoms with E-state index < -0.39 is 5.91 Å². The lowest BCUT2D eigenvalue weighted by atomic mass is 10.2. The van der Waals surface area contributed by atoms with E-state index in [0.29, 0.717) is 36.0 Å². The molecule has 0 bridgehead atoms. The first-order chi connectivity index (χ1) is 14.8. The Morgan fingerprint density at radius 1 is 1.13 bits per heavy atom. The minimum atomic E-state index is -0.461. The Balaban J connectivity index is 1.49. The van der Waals surface area contributed by atoms with E-state index in [9.17, 15) is 14.4 Å². The Labute approximate surface area is 180 Å². The summed E-state index contributed by atoms with van der Waals surface area (Å²) < 4.78 is 5.59. The summed E-state index contributed by atoms with van der Waals surface area (Å²) in [6.07, 6.45) is 0.627. The number of carbonyl (C=O) groups is 2. The van der Waals surface area contributed by atoms with Crippen LogP contribution in [0.3, 0.4) is 0 Å². The van der Waals surface area contributed by atoms with Crippen LogP contribution in [0, 0.1) is 0 Å². The van der Waals surface area contributed by atoms with Gasteiger partial charge in [0.2, 0.25) is 0 Å². The maximum atomic E-state index is 12.5. The summed E-state index contributed by atoms with van der Waals surface area (Å²) in [6, 6.07) is 13.9. The zero-order valence-corrected chi connectivity index (χ0v) is 17.8. The lowest BCUT2D eigenvalue weighted by Gasteiger charge is -2.18. The Bertz CT molecular complexity index is 1120. The molecule has 0 unspecified atom stereocenters. The Morgan fingerprint density at radius 3 is 2.55 bits per heavy atom.